The van der Waals surface area contributed by atoms with Crippen LogP contribution in [0.4, 0.5) is 0 Å². The van der Waals surface area contributed by atoms with Gasteiger partial charge in [-0.1, -0.05) is 11.6 Å². The van der Waals surface area contributed by atoms with E-state index in [1.807, 2.05) is 36.3 Å². The highest BCUT2D eigenvalue weighted by molar-refractivity contribution is 6.34. The first-order chi connectivity index (χ1) is 13.2. The monoisotopic (exact) mass is 401 g/mol. The molecule has 0 spiro atoms. The maximum absolute atomic E-state index is 11.5. The molecule has 1 amide bonds. The van der Waals surface area contributed by atoms with Crippen LogP contribution < -0.4 is 10.1 Å². The fraction of sp³-hybridized carbons (Fsp3) is 0.450. The van der Waals surface area contributed by atoms with Gasteiger partial charge in [0.1, 0.15) is 17.4 Å². The van der Waals surface area contributed by atoms with Crippen molar-refractivity contribution in [2.75, 3.05) is 6.54 Å². The van der Waals surface area contributed by atoms with Crippen LogP contribution in [0.3, 0.4) is 0 Å². The molecule has 0 bridgehead atoms. The van der Waals surface area contributed by atoms with Gasteiger partial charge in [-0.3, -0.25) is 9.48 Å². The lowest BCUT2D eigenvalue weighted by atomic mass is 10.0. The fourth-order valence-electron chi connectivity index (χ4n) is 3.39. The van der Waals surface area contributed by atoms with Gasteiger partial charge >= 0.3 is 0 Å². The highest BCUT2D eigenvalue weighted by Gasteiger charge is 2.29. The highest BCUT2D eigenvalue weighted by atomic mass is 35.5. The van der Waals surface area contributed by atoms with E-state index in [-0.39, 0.29) is 23.5 Å². The standard InChI is InChI=1S/C20H24ClN5O2/c1-12(13-6-18(27)22-7-13)28-17-5-14(10-25-19(17)16(21)9-23-25)15-8-24-26(11-15)20(2,3)4/h5,8-13H,6-7H2,1-4H3,(H,22,27)/t12-,13?/m1/s1. The summed E-state index contributed by atoms with van der Waals surface area (Å²) < 4.78 is 9.93. The first-order valence-electron chi connectivity index (χ1n) is 9.38. The first-order valence-corrected chi connectivity index (χ1v) is 9.76. The summed E-state index contributed by atoms with van der Waals surface area (Å²) in [6.45, 7) is 8.92. The Labute approximate surface area is 168 Å². The van der Waals surface area contributed by atoms with Crippen molar-refractivity contribution in [1.82, 2.24) is 24.7 Å². The van der Waals surface area contributed by atoms with E-state index >= 15 is 0 Å². The molecule has 1 aliphatic heterocycles. The Morgan fingerprint density at radius 1 is 1.25 bits per heavy atom. The van der Waals surface area contributed by atoms with Gasteiger partial charge in [-0.15, -0.1) is 0 Å². The van der Waals surface area contributed by atoms with Gasteiger partial charge in [0, 0.05) is 42.4 Å². The number of amides is 1. The summed E-state index contributed by atoms with van der Waals surface area (Å²) in [5.41, 5.74) is 2.52. The summed E-state index contributed by atoms with van der Waals surface area (Å²) in [5, 5.41) is 12.2. The van der Waals surface area contributed by atoms with Gasteiger partial charge in [0.05, 0.1) is 23.0 Å². The van der Waals surface area contributed by atoms with Crippen LogP contribution in [-0.4, -0.2) is 38.0 Å². The SMILES string of the molecule is C[C@@H](Oc1cc(-c2cnn(C(C)(C)C)c2)cn2ncc(Cl)c12)C1CNC(=O)C1. The molecule has 1 unspecified atom stereocenters. The maximum atomic E-state index is 11.5. The second-order valence-electron chi connectivity index (χ2n) is 8.31. The van der Waals surface area contributed by atoms with Gasteiger partial charge in [-0.2, -0.15) is 10.2 Å². The Balaban J connectivity index is 1.72. The number of fused-ring (bicyclic) bond motifs is 1. The van der Waals surface area contributed by atoms with Crippen LogP contribution in [0, 0.1) is 5.92 Å². The van der Waals surface area contributed by atoms with E-state index in [1.54, 1.807) is 10.7 Å². The quantitative estimate of drug-likeness (QED) is 0.726. The zero-order valence-electron chi connectivity index (χ0n) is 16.4. The molecule has 1 N–H and O–H groups in total. The van der Waals surface area contributed by atoms with Crippen LogP contribution in [0.25, 0.3) is 16.6 Å². The molecule has 0 radical (unpaired) electrons. The molecular weight excluding hydrogens is 378 g/mol. The summed E-state index contributed by atoms with van der Waals surface area (Å²) in [7, 11) is 0. The van der Waals surface area contributed by atoms with E-state index in [0.29, 0.717) is 23.7 Å². The summed E-state index contributed by atoms with van der Waals surface area (Å²) in [6, 6.07) is 1.97. The Bertz CT molecular complexity index is 1030. The second-order valence-corrected chi connectivity index (χ2v) is 8.72. The summed E-state index contributed by atoms with van der Waals surface area (Å²) in [6.07, 6.45) is 7.72. The van der Waals surface area contributed by atoms with Crippen LogP contribution in [0.15, 0.2) is 30.9 Å². The Morgan fingerprint density at radius 2 is 2.04 bits per heavy atom. The van der Waals surface area contributed by atoms with Crippen LogP contribution in [0.5, 0.6) is 5.75 Å². The number of rotatable bonds is 4. The molecule has 4 rings (SSSR count). The van der Waals surface area contributed by atoms with Crippen LogP contribution in [0.1, 0.15) is 34.1 Å². The Kier molecular flexibility index (Phi) is 4.57. The van der Waals surface area contributed by atoms with Gasteiger partial charge in [0.2, 0.25) is 5.91 Å². The first kappa shape index (κ1) is 18.8. The lowest BCUT2D eigenvalue weighted by Crippen LogP contribution is -2.25. The minimum absolute atomic E-state index is 0.0660. The normalized spacial score (nSPS) is 18.5. The number of ether oxygens (including phenoxy) is 1. The number of hydrogen-bond donors (Lipinski definition) is 1. The van der Waals surface area contributed by atoms with Crippen molar-refractivity contribution in [3.63, 3.8) is 0 Å². The van der Waals surface area contributed by atoms with E-state index in [9.17, 15) is 4.79 Å². The van der Waals surface area contributed by atoms with E-state index in [2.05, 4.69) is 36.3 Å². The van der Waals surface area contributed by atoms with Crippen LogP contribution in [0.2, 0.25) is 5.02 Å². The number of halogens is 1. The molecular formula is C20H24ClN5O2. The molecule has 3 aromatic heterocycles. The number of pyridine rings is 1. The number of nitrogens with one attached hydrogen (secondary N) is 1. The third kappa shape index (κ3) is 3.46. The number of hydrogen-bond acceptors (Lipinski definition) is 4. The van der Waals surface area contributed by atoms with Gasteiger partial charge in [0.15, 0.2) is 0 Å². The predicted octanol–water partition coefficient (Wildman–Crippen LogP) is 3.51. The third-order valence-electron chi connectivity index (χ3n) is 5.12. The topological polar surface area (TPSA) is 73.5 Å². The molecule has 1 fully saturated rings. The van der Waals surface area contributed by atoms with Crippen molar-refractivity contribution >= 4 is 23.0 Å². The zero-order chi connectivity index (χ0) is 20.1. The largest absolute Gasteiger partial charge is 0.488 e. The molecule has 0 aromatic carbocycles. The van der Waals surface area contributed by atoms with Crippen molar-refractivity contribution in [3.8, 4) is 16.9 Å². The molecule has 4 heterocycles. The smallest absolute Gasteiger partial charge is 0.220 e. The molecule has 3 aromatic rings. The van der Waals surface area contributed by atoms with Gasteiger partial charge in [-0.25, -0.2) is 4.52 Å². The molecule has 1 aliphatic rings. The number of carbonyl (C=O) groups excluding carboxylic acids is 1. The number of carbonyl (C=O) groups is 1. The maximum Gasteiger partial charge on any atom is 0.220 e. The van der Waals surface area contributed by atoms with Gasteiger partial charge in [-0.05, 0) is 33.8 Å². The van der Waals surface area contributed by atoms with E-state index in [4.69, 9.17) is 16.3 Å². The average Bonchev–Trinajstić information content (AvgIpc) is 3.34. The Hall–Kier alpha value is -2.54. The lowest BCUT2D eigenvalue weighted by molar-refractivity contribution is -0.119. The van der Waals surface area contributed by atoms with Crippen molar-refractivity contribution in [1.29, 1.82) is 0 Å². The fourth-order valence-corrected chi connectivity index (χ4v) is 3.61. The number of nitrogens with zero attached hydrogens (tertiary/aromatic N) is 4. The Morgan fingerprint density at radius 3 is 2.68 bits per heavy atom. The summed E-state index contributed by atoms with van der Waals surface area (Å²) >= 11 is 6.36. The van der Waals surface area contributed by atoms with E-state index in [1.165, 1.54) is 0 Å². The lowest BCUT2D eigenvalue weighted by Gasteiger charge is -2.21. The third-order valence-corrected chi connectivity index (χ3v) is 5.40. The highest BCUT2D eigenvalue weighted by Crippen LogP contribution is 2.34. The van der Waals surface area contributed by atoms with E-state index < -0.39 is 0 Å². The summed E-state index contributed by atoms with van der Waals surface area (Å²) in [5.74, 6) is 0.841. The number of aromatic nitrogens is 4. The molecule has 0 saturated carbocycles. The van der Waals surface area contributed by atoms with Gasteiger partial charge < -0.3 is 10.1 Å². The molecule has 148 valence electrons. The van der Waals surface area contributed by atoms with Gasteiger partial charge in [0.25, 0.3) is 0 Å². The molecule has 2 atom stereocenters. The predicted molar refractivity (Wildman–Crippen MR) is 108 cm³/mol. The van der Waals surface area contributed by atoms with Crippen molar-refractivity contribution < 1.29 is 9.53 Å². The minimum atomic E-state index is -0.138. The van der Waals surface area contributed by atoms with Crippen molar-refractivity contribution in [3.05, 3.63) is 35.9 Å². The molecule has 7 nitrogen and oxygen atoms in total. The molecule has 8 heteroatoms. The molecule has 1 saturated heterocycles. The van der Waals surface area contributed by atoms with Crippen LogP contribution >= 0.6 is 11.6 Å². The molecule has 0 aliphatic carbocycles. The zero-order valence-corrected chi connectivity index (χ0v) is 17.2. The van der Waals surface area contributed by atoms with Crippen molar-refractivity contribution in [2.24, 2.45) is 5.92 Å². The summed E-state index contributed by atoms with van der Waals surface area (Å²) in [4.78, 5) is 11.5. The van der Waals surface area contributed by atoms with Crippen molar-refractivity contribution in [2.45, 2.75) is 45.8 Å². The van der Waals surface area contributed by atoms with Crippen LogP contribution in [-0.2, 0) is 10.3 Å². The molecule has 28 heavy (non-hydrogen) atoms. The second kappa shape index (κ2) is 6.81. The minimum Gasteiger partial charge on any atom is -0.488 e. The van der Waals surface area contributed by atoms with E-state index in [0.717, 1.165) is 16.6 Å². The average molecular weight is 402 g/mol.